The molecule has 1 aliphatic rings. The molecule has 2 N–H and O–H groups in total. The van der Waals surface area contributed by atoms with Gasteiger partial charge in [-0.15, -0.1) is 0 Å². The highest BCUT2D eigenvalue weighted by molar-refractivity contribution is 9.10. The Balaban J connectivity index is 1.76. The van der Waals surface area contributed by atoms with Crippen molar-refractivity contribution in [3.05, 3.63) is 46.2 Å². The van der Waals surface area contributed by atoms with E-state index in [0.29, 0.717) is 6.42 Å². The Morgan fingerprint density at radius 3 is 2.80 bits per heavy atom. The molecule has 1 unspecified atom stereocenters. The molecule has 1 aromatic carbocycles. The molecule has 0 bridgehead atoms. The van der Waals surface area contributed by atoms with Gasteiger partial charge in [0, 0.05) is 22.6 Å². The Kier molecular flexibility index (Phi) is 3.66. The number of H-pyrrole nitrogens is 1. The van der Waals surface area contributed by atoms with Crippen LogP contribution in [0.15, 0.2) is 39.8 Å². The summed E-state index contributed by atoms with van der Waals surface area (Å²) in [4.78, 5) is 0.288. The number of aryl methyl sites for hydroxylation is 1. The highest BCUT2D eigenvalue weighted by Gasteiger charge is 2.25. The lowest BCUT2D eigenvalue weighted by Crippen LogP contribution is -2.38. The van der Waals surface area contributed by atoms with Crippen LogP contribution in [0.25, 0.3) is 0 Å². The van der Waals surface area contributed by atoms with Gasteiger partial charge in [0.05, 0.1) is 11.1 Å². The second-order valence-electron chi connectivity index (χ2n) is 4.89. The van der Waals surface area contributed by atoms with Crippen molar-refractivity contribution >= 4 is 26.0 Å². The van der Waals surface area contributed by atoms with Crippen LogP contribution in [0.5, 0.6) is 0 Å². The molecule has 0 aliphatic heterocycles. The van der Waals surface area contributed by atoms with Gasteiger partial charge in [0.1, 0.15) is 0 Å². The van der Waals surface area contributed by atoms with Gasteiger partial charge in [0.25, 0.3) is 0 Å². The van der Waals surface area contributed by atoms with Gasteiger partial charge in [0.2, 0.25) is 10.0 Å². The third kappa shape index (κ3) is 2.79. The van der Waals surface area contributed by atoms with Gasteiger partial charge in [-0.3, -0.25) is 5.10 Å². The summed E-state index contributed by atoms with van der Waals surface area (Å²) in [6.45, 7) is 0. The molecule has 1 aromatic heterocycles. The fourth-order valence-corrected chi connectivity index (χ4v) is 3.94. The monoisotopic (exact) mass is 355 g/mol. The van der Waals surface area contributed by atoms with Gasteiger partial charge in [-0.2, -0.15) is 5.10 Å². The van der Waals surface area contributed by atoms with Gasteiger partial charge in [-0.1, -0.05) is 15.9 Å². The van der Waals surface area contributed by atoms with E-state index >= 15 is 0 Å². The van der Waals surface area contributed by atoms with Crippen molar-refractivity contribution in [1.82, 2.24) is 14.9 Å². The molecule has 0 radical (unpaired) electrons. The van der Waals surface area contributed by atoms with Crippen LogP contribution < -0.4 is 4.72 Å². The van der Waals surface area contributed by atoms with E-state index < -0.39 is 10.0 Å². The molecule has 0 spiro atoms. The van der Waals surface area contributed by atoms with Crippen molar-refractivity contribution in [3.8, 4) is 0 Å². The van der Waals surface area contributed by atoms with Crippen LogP contribution in [0.2, 0.25) is 0 Å². The minimum atomic E-state index is -3.47. The Morgan fingerprint density at radius 2 is 2.05 bits per heavy atom. The number of aromatic amines is 1. The molecule has 20 heavy (non-hydrogen) atoms. The van der Waals surface area contributed by atoms with Gasteiger partial charge in [-0.05, 0) is 42.7 Å². The van der Waals surface area contributed by atoms with Crippen molar-refractivity contribution < 1.29 is 8.42 Å². The SMILES string of the molecule is O=S(=O)(NC1CCc2cn[nH]c2C1)c1ccc(Br)cc1. The van der Waals surface area contributed by atoms with Crippen LogP contribution in [-0.2, 0) is 22.9 Å². The summed E-state index contributed by atoms with van der Waals surface area (Å²) in [5.41, 5.74) is 2.21. The van der Waals surface area contributed by atoms with Crippen LogP contribution in [-0.4, -0.2) is 24.7 Å². The largest absolute Gasteiger partial charge is 0.282 e. The molecular formula is C13H14BrN3O2S. The second-order valence-corrected chi connectivity index (χ2v) is 7.52. The highest BCUT2D eigenvalue weighted by Crippen LogP contribution is 2.21. The molecule has 0 amide bonds. The summed E-state index contributed by atoms with van der Waals surface area (Å²) in [5, 5.41) is 6.92. The molecule has 0 saturated heterocycles. The fourth-order valence-electron chi connectivity index (χ4n) is 2.41. The van der Waals surface area contributed by atoms with Crippen molar-refractivity contribution in [2.75, 3.05) is 0 Å². The normalized spacial score (nSPS) is 18.8. The van der Waals surface area contributed by atoms with E-state index in [1.54, 1.807) is 24.3 Å². The molecule has 2 aromatic rings. The predicted octanol–water partition coefficient (Wildman–Crippen LogP) is 2.01. The zero-order valence-corrected chi connectivity index (χ0v) is 13.0. The third-order valence-corrected chi connectivity index (χ3v) is 5.53. The maximum absolute atomic E-state index is 12.3. The summed E-state index contributed by atoms with van der Waals surface area (Å²) >= 11 is 3.30. The van der Waals surface area contributed by atoms with Gasteiger partial charge < -0.3 is 0 Å². The van der Waals surface area contributed by atoms with Crippen LogP contribution in [0.4, 0.5) is 0 Å². The zero-order chi connectivity index (χ0) is 14.2. The lowest BCUT2D eigenvalue weighted by atomic mass is 9.95. The second kappa shape index (κ2) is 5.31. The van der Waals surface area contributed by atoms with E-state index in [1.165, 1.54) is 5.56 Å². The van der Waals surface area contributed by atoms with Crippen LogP contribution in [0.3, 0.4) is 0 Å². The Morgan fingerprint density at radius 1 is 1.30 bits per heavy atom. The van der Waals surface area contributed by atoms with Crippen molar-refractivity contribution in [2.24, 2.45) is 0 Å². The number of halogens is 1. The molecule has 0 saturated carbocycles. The molecule has 0 fully saturated rings. The molecule has 1 aliphatic carbocycles. The van der Waals surface area contributed by atoms with Gasteiger partial charge >= 0.3 is 0 Å². The van der Waals surface area contributed by atoms with E-state index in [9.17, 15) is 8.42 Å². The van der Waals surface area contributed by atoms with Crippen molar-refractivity contribution in [3.63, 3.8) is 0 Å². The number of nitrogens with zero attached hydrogens (tertiary/aromatic N) is 1. The maximum atomic E-state index is 12.3. The summed E-state index contributed by atoms with van der Waals surface area (Å²) in [5.74, 6) is 0. The quantitative estimate of drug-likeness (QED) is 0.884. The number of hydrogen-bond acceptors (Lipinski definition) is 3. The van der Waals surface area contributed by atoms with Crippen LogP contribution in [0.1, 0.15) is 17.7 Å². The highest BCUT2D eigenvalue weighted by atomic mass is 79.9. The number of fused-ring (bicyclic) bond motifs is 1. The molecule has 7 heteroatoms. The molecule has 1 heterocycles. The van der Waals surface area contributed by atoms with E-state index in [4.69, 9.17) is 0 Å². The summed E-state index contributed by atoms with van der Waals surface area (Å²) < 4.78 is 28.2. The van der Waals surface area contributed by atoms with Crippen LogP contribution in [0, 0.1) is 0 Å². The van der Waals surface area contributed by atoms with Crippen molar-refractivity contribution in [1.29, 1.82) is 0 Å². The van der Waals surface area contributed by atoms with E-state index in [1.807, 2.05) is 6.20 Å². The Bertz CT molecular complexity index is 709. The zero-order valence-electron chi connectivity index (χ0n) is 10.6. The number of benzene rings is 1. The lowest BCUT2D eigenvalue weighted by Gasteiger charge is -2.22. The smallest absolute Gasteiger partial charge is 0.240 e. The topological polar surface area (TPSA) is 74.8 Å². The summed E-state index contributed by atoms with van der Waals surface area (Å²) in [7, 11) is -3.47. The number of nitrogens with one attached hydrogen (secondary N) is 2. The maximum Gasteiger partial charge on any atom is 0.240 e. The van der Waals surface area contributed by atoms with Gasteiger partial charge in [-0.25, -0.2) is 13.1 Å². The molecule has 106 valence electrons. The summed E-state index contributed by atoms with van der Waals surface area (Å²) in [6, 6.07) is 6.55. The first kappa shape index (κ1) is 13.8. The first-order valence-corrected chi connectivity index (χ1v) is 8.61. The first-order chi connectivity index (χ1) is 9.54. The van der Waals surface area contributed by atoms with Crippen molar-refractivity contribution in [2.45, 2.75) is 30.2 Å². The van der Waals surface area contributed by atoms with Crippen LogP contribution >= 0.6 is 15.9 Å². The van der Waals surface area contributed by atoms with Gasteiger partial charge in [0.15, 0.2) is 0 Å². The predicted molar refractivity (Wildman–Crippen MR) is 78.9 cm³/mol. The third-order valence-electron chi connectivity index (χ3n) is 3.47. The van der Waals surface area contributed by atoms with E-state index in [0.717, 1.165) is 23.0 Å². The molecule has 1 atom stereocenters. The number of rotatable bonds is 3. The number of sulfonamides is 1. The average Bonchev–Trinajstić information content (AvgIpc) is 2.86. The standard InChI is InChI=1S/C13H14BrN3O2S/c14-10-2-5-12(6-3-10)20(18,19)17-11-4-1-9-8-15-16-13(9)7-11/h2-3,5-6,8,11,17H,1,4,7H2,(H,15,16). The molecule has 5 nitrogen and oxygen atoms in total. The summed E-state index contributed by atoms with van der Waals surface area (Å²) in [6.07, 6.45) is 4.11. The Labute approximate surface area is 126 Å². The van der Waals surface area contributed by atoms with E-state index in [-0.39, 0.29) is 10.9 Å². The Hall–Kier alpha value is -1.18. The first-order valence-electron chi connectivity index (χ1n) is 6.33. The number of aromatic nitrogens is 2. The molecule has 3 rings (SSSR count). The average molecular weight is 356 g/mol. The lowest BCUT2D eigenvalue weighted by molar-refractivity contribution is 0.504. The van der Waals surface area contributed by atoms with E-state index in [2.05, 4.69) is 30.8 Å². The molecular weight excluding hydrogens is 342 g/mol. The number of hydrogen-bond donors (Lipinski definition) is 2. The minimum Gasteiger partial charge on any atom is -0.282 e. The fraction of sp³-hybridized carbons (Fsp3) is 0.308. The minimum absolute atomic E-state index is 0.0865.